The zero-order valence-corrected chi connectivity index (χ0v) is 10.5. The highest BCUT2D eigenvalue weighted by Crippen LogP contribution is 2.71. The summed E-state index contributed by atoms with van der Waals surface area (Å²) in [5, 5.41) is 7.93. The highest BCUT2D eigenvalue weighted by Gasteiger charge is 2.73. The van der Waals surface area contributed by atoms with E-state index < -0.39 is 33.9 Å². The molecule has 1 aliphatic rings. The van der Waals surface area contributed by atoms with Gasteiger partial charge in [-0.3, -0.25) is 4.79 Å². The molecule has 0 saturated heterocycles. The maximum absolute atomic E-state index is 12.3. The summed E-state index contributed by atoms with van der Waals surface area (Å²) in [5.41, 5.74) is -1.85. The lowest BCUT2D eigenvalue weighted by Crippen LogP contribution is -2.20. The van der Waals surface area contributed by atoms with Crippen LogP contribution in [0.1, 0.15) is 27.2 Å². The van der Waals surface area contributed by atoms with Gasteiger partial charge in [0.1, 0.15) is 5.03 Å². The Balaban J connectivity index is 3.08. The van der Waals surface area contributed by atoms with Gasteiger partial charge in [0, 0.05) is 5.92 Å². The van der Waals surface area contributed by atoms with Crippen molar-refractivity contribution in [2.24, 2.45) is 16.7 Å². The Kier molecular flexibility index (Phi) is 3.29. The normalized spacial score (nSPS) is 32.4. The fourth-order valence-electron chi connectivity index (χ4n) is 2.72. The lowest BCUT2D eigenvalue weighted by molar-refractivity contribution is -0.145. The summed E-state index contributed by atoms with van der Waals surface area (Å²) >= 11 is 5.15. The lowest BCUT2D eigenvalue weighted by Gasteiger charge is -2.11. The summed E-state index contributed by atoms with van der Waals surface area (Å²) < 4.78 is 36.9. The minimum atomic E-state index is -4.61. The third-order valence-electron chi connectivity index (χ3n) is 3.90. The molecule has 0 radical (unpaired) electrons. The van der Waals surface area contributed by atoms with Crippen LogP contribution in [0.25, 0.3) is 0 Å². The van der Waals surface area contributed by atoms with Gasteiger partial charge < -0.3 is 5.11 Å². The van der Waals surface area contributed by atoms with Gasteiger partial charge in [-0.15, -0.1) is 0 Å². The standard InChI is InChI=1S/C11H14ClF3O2/c1-4-10(8(16)17)6(9(10,2)3)5-7(12)11(13,14)15/h5-6H,4H2,1-3H3,(H,16,17). The summed E-state index contributed by atoms with van der Waals surface area (Å²) in [6.07, 6.45) is -3.50. The van der Waals surface area contributed by atoms with Gasteiger partial charge in [0.2, 0.25) is 0 Å². The average Bonchev–Trinajstić information content (AvgIpc) is 2.62. The van der Waals surface area contributed by atoms with Gasteiger partial charge in [-0.05, 0) is 11.8 Å². The van der Waals surface area contributed by atoms with Crippen LogP contribution in [0.4, 0.5) is 13.2 Å². The molecular formula is C11H14ClF3O2. The molecule has 2 unspecified atom stereocenters. The molecule has 2 nitrogen and oxygen atoms in total. The molecule has 98 valence electrons. The van der Waals surface area contributed by atoms with Crippen molar-refractivity contribution in [1.82, 2.24) is 0 Å². The van der Waals surface area contributed by atoms with Crippen molar-refractivity contribution in [3.8, 4) is 0 Å². The van der Waals surface area contributed by atoms with Crippen LogP contribution in [-0.2, 0) is 4.79 Å². The molecular weight excluding hydrogens is 257 g/mol. The Hall–Kier alpha value is -0.710. The summed E-state index contributed by atoms with van der Waals surface area (Å²) in [4.78, 5) is 11.2. The summed E-state index contributed by atoms with van der Waals surface area (Å²) in [6.45, 7) is 4.95. The number of hydrogen-bond donors (Lipinski definition) is 1. The first kappa shape index (κ1) is 14.4. The van der Waals surface area contributed by atoms with E-state index in [1.54, 1.807) is 20.8 Å². The van der Waals surface area contributed by atoms with E-state index >= 15 is 0 Å². The number of allylic oxidation sites excluding steroid dienone is 2. The van der Waals surface area contributed by atoms with Crippen molar-refractivity contribution >= 4 is 17.6 Å². The summed E-state index contributed by atoms with van der Waals surface area (Å²) in [7, 11) is 0. The van der Waals surface area contributed by atoms with Gasteiger partial charge >= 0.3 is 12.1 Å². The van der Waals surface area contributed by atoms with E-state index in [-0.39, 0.29) is 6.42 Å². The number of aliphatic carboxylic acids is 1. The van der Waals surface area contributed by atoms with Crippen molar-refractivity contribution in [1.29, 1.82) is 0 Å². The van der Waals surface area contributed by atoms with Gasteiger partial charge in [-0.2, -0.15) is 13.2 Å². The molecule has 1 saturated carbocycles. The largest absolute Gasteiger partial charge is 0.481 e. The molecule has 6 heteroatoms. The molecule has 0 bridgehead atoms. The van der Waals surface area contributed by atoms with Crippen LogP contribution in [0.15, 0.2) is 11.1 Å². The monoisotopic (exact) mass is 270 g/mol. The zero-order valence-electron chi connectivity index (χ0n) is 9.73. The quantitative estimate of drug-likeness (QED) is 0.847. The SMILES string of the molecule is CCC1(C(=O)O)C(C=C(Cl)C(F)(F)F)C1(C)C. The highest BCUT2D eigenvalue weighted by molar-refractivity contribution is 6.30. The van der Waals surface area contributed by atoms with Crippen LogP contribution in [0.3, 0.4) is 0 Å². The van der Waals surface area contributed by atoms with E-state index in [0.717, 1.165) is 6.08 Å². The van der Waals surface area contributed by atoms with Crippen molar-refractivity contribution in [2.45, 2.75) is 33.4 Å². The minimum Gasteiger partial charge on any atom is -0.481 e. The van der Waals surface area contributed by atoms with Gasteiger partial charge in [0.15, 0.2) is 0 Å². The average molecular weight is 271 g/mol. The molecule has 1 N–H and O–H groups in total. The molecule has 1 fully saturated rings. The van der Waals surface area contributed by atoms with Crippen LogP contribution < -0.4 is 0 Å². The molecule has 1 rings (SSSR count). The molecule has 2 atom stereocenters. The molecule has 0 aliphatic heterocycles. The second-order valence-corrected chi connectivity index (χ2v) is 5.25. The topological polar surface area (TPSA) is 37.3 Å². The van der Waals surface area contributed by atoms with E-state index in [9.17, 15) is 23.1 Å². The molecule has 0 aromatic carbocycles. The second kappa shape index (κ2) is 3.90. The third kappa shape index (κ3) is 1.94. The number of halogens is 4. The molecule has 0 aromatic heterocycles. The fourth-order valence-corrected chi connectivity index (χ4v) is 2.85. The number of carboxylic acid groups (broad SMARTS) is 1. The van der Waals surface area contributed by atoms with Crippen LogP contribution in [0.5, 0.6) is 0 Å². The molecule has 0 aromatic rings. The van der Waals surface area contributed by atoms with E-state index in [4.69, 9.17) is 11.6 Å². The first-order chi connectivity index (χ1) is 7.51. The van der Waals surface area contributed by atoms with Crippen LogP contribution in [0, 0.1) is 16.7 Å². The molecule has 0 heterocycles. The first-order valence-corrected chi connectivity index (χ1v) is 5.57. The van der Waals surface area contributed by atoms with Gasteiger partial charge in [-0.1, -0.05) is 38.4 Å². The van der Waals surface area contributed by atoms with Gasteiger partial charge in [0.25, 0.3) is 0 Å². The predicted molar refractivity (Wildman–Crippen MR) is 57.6 cm³/mol. The Morgan fingerprint density at radius 1 is 1.47 bits per heavy atom. The number of carboxylic acids is 1. The maximum atomic E-state index is 12.3. The Labute approximate surface area is 102 Å². The van der Waals surface area contributed by atoms with Gasteiger partial charge in [0.05, 0.1) is 5.41 Å². The Morgan fingerprint density at radius 3 is 2.18 bits per heavy atom. The van der Waals surface area contributed by atoms with Crippen molar-refractivity contribution in [3.05, 3.63) is 11.1 Å². The van der Waals surface area contributed by atoms with Crippen molar-refractivity contribution < 1.29 is 23.1 Å². The summed E-state index contributed by atoms with van der Waals surface area (Å²) in [5.74, 6) is -1.76. The molecule has 17 heavy (non-hydrogen) atoms. The first-order valence-electron chi connectivity index (χ1n) is 5.19. The number of hydrogen-bond acceptors (Lipinski definition) is 1. The maximum Gasteiger partial charge on any atom is 0.426 e. The smallest absolute Gasteiger partial charge is 0.426 e. The third-order valence-corrected chi connectivity index (χ3v) is 4.24. The highest BCUT2D eigenvalue weighted by atomic mass is 35.5. The van der Waals surface area contributed by atoms with E-state index in [0.29, 0.717) is 0 Å². The molecule has 0 amide bonds. The number of alkyl halides is 3. The number of rotatable bonds is 3. The molecule has 1 aliphatic carbocycles. The second-order valence-electron chi connectivity index (χ2n) is 4.84. The predicted octanol–water partition coefficient (Wildman–Crippen LogP) is 3.81. The zero-order chi connectivity index (χ0) is 13.6. The van der Waals surface area contributed by atoms with E-state index in [2.05, 4.69) is 0 Å². The van der Waals surface area contributed by atoms with Crippen LogP contribution in [0.2, 0.25) is 0 Å². The fraction of sp³-hybridized carbons (Fsp3) is 0.727. The molecule has 0 spiro atoms. The Bertz CT molecular complexity index is 373. The van der Waals surface area contributed by atoms with Crippen molar-refractivity contribution in [2.75, 3.05) is 0 Å². The van der Waals surface area contributed by atoms with E-state index in [1.807, 2.05) is 0 Å². The van der Waals surface area contributed by atoms with Crippen LogP contribution in [-0.4, -0.2) is 17.3 Å². The van der Waals surface area contributed by atoms with Crippen molar-refractivity contribution in [3.63, 3.8) is 0 Å². The number of carbonyl (C=O) groups is 1. The van der Waals surface area contributed by atoms with E-state index in [1.165, 1.54) is 0 Å². The minimum absolute atomic E-state index is 0.276. The summed E-state index contributed by atoms with van der Waals surface area (Å²) in [6, 6.07) is 0. The van der Waals surface area contributed by atoms with Crippen LogP contribution >= 0.6 is 11.6 Å². The lowest BCUT2D eigenvalue weighted by atomic mass is 9.93. The van der Waals surface area contributed by atoms with Gasteiger partial charge in [-0.25, -0.2) is 0 Å². The Morgan fingerprint density at radius 2 is 1.94 bits per heavy atom.